The first-order valence-corrected chi connectivity index (χ1v) is 7.21. The number of hydrogen-bond acceptors (Lipinski definition) is 5. The lowest BCUT2D eigenvalue weighted by Crippen LogP contribution is -2.15. The maximum Gasteiger partial charge on any atom is 0.349 e. The van der Waals surface area contributed by atoms with Crippen molar-refractivity contribution >= 4 is 38.4 Å². The van der Waals surface area contributed by atoms with Gasteiger partial charge in [-0.1, -0.05) is 39.4 Å². The fourth-order valence-corrected chi connectivity index (χ4v) is 2.63. The summed E-state index contributed by atoms with van der Waals surface area (Å²) in [6.07, 6.45) is 1.55. The van der Waals surface area contributed by atoms with Crippen molar-refractivity contribution in [2.24, 2.45) is 0 Å². The number of hydrogen-bond donors (Lipinski definition) is 0. The zero-order valence-corrected chi connectivity index (χ0v) is 13.0. The first-order chi connectivity index (χ1) is 9.10. The summed E-state index contributed by atoms with van der Waals surface area (Å²) < 4.78 is 5.73. The molecule has 0 saturated heterocycles. The zero-order chi connectivity index (χ0) is 13.8. The van der Waals surface area contributed by atoms with Gasteiger partial charge in [-0.25, -0.2) is 9.78 Å². The number of carbonyl (C=O) groups is 1. The molecule has 0 amide bonds. The van der Waals surface area contributed by atoms with Gasteiger partial charge in [0, 0.05) is 18.1 Å². The minimum atomic E-state index is -0.346. The molecule has 0 aliphatic carbocycles. The minimum absolute atomic E-state index is 0.346. The lowest BCUT2D eigenvalue weighted by molar-refractivity contribution is 0.0606. The predicted molar refractivity (Wildman–Crippen MR) is 79.7 cm³/mol. The molecule has 2 rings (SSSR count). The second kappa shape index (κ2) is 6.16. The smallest absolute Gasteiger partial charge is 0.349 e. The molecule has 0 aliphatic rings. The van der Waals surface area contributed by atoms with E-state index in [1.165, 1.54) is 24.0 Å². The van der Waals surface area contributed by atoms with Crippen LogP contribution in [-0.2, 0) is 11.3 Å². The van der Waals surface area contributed by atoms with Crippen molar-refractivity contribution in [1.82, 2.24) is 4.98 Å². The fraction of sp³-hybridized carbons (Fsp3) is 0.231. The summed E-state index contributed by atoms with van der Waals surface area (Å²) in [5, 5.41) is 0.795. The number of thiazole rings is 1. The van der Waals surface area contributed by atoms with Gasteiger partial charge in [0.15, 0.2) is 5.13 Å². The molecular weight excluding hydrogens is 328 g/mol. The first kappa shape index (κ1) is 14.0. The van der Waals surface area contributed by atoms with Crippen molar-refractivity contribution in [3.8, 4) is 0 Å². The normalized spacial score (nSPS) is 10.3. The molecule has 0 aliphatic heterocycles. The molecule has 0 spiro atoms. The van der Waals surface area contributed by atoms with E-state index in [1.807, 2.05) is 24.1 Å². The summed E-state index contributed by atoms with van der Waals surface area (Å²) in [7, 11) is 3.31. The zero-order valence-electron chi connectivity index (χ0n) is 10.6. The Labute approximate surface area is 124 Å². The average Bonchev–Trinajstić information content (AvgIpc) is 2.90. The Morgan fingerprint density at radius 1 is 1.42 bits per heavy atom. The quantitative estimate of drug-likeness (QED) is 0.800. The molecule has 1 heterocycles. The number of ether oxygens (including phenoxy) is 1. The van der Waals surface area contributed by atoms with Crippen LogP contribution in [0.3, 0.4) is 0 Å². The van der Waals surface area contributed by atoms with Crippen LogP contribution in [-0.4, -0.2) is 25.1 Å². The van der Waals surface area contributed by atoms with Gasteiger partial charge >= 0.3 is 5.97 Å². The molecule has 0 bridgehead atoms. The summed E-state index contributed by atoms with van der Waals surface area (Å²) >= 11 is 4.74. The first-order valence-electron chi connectivity index (χ1n) is 5.60. The third kappa shape index (κ3) is 3.54. The Bertz CT molecular complexity index is 568. The number of nitrogens with zero attached hydrogens (tertiary/aromatic N) is 2. The standard InChI is InChI=1S/C13H13BrN2O2S/c1-16(8-9-3-5-10(14)6-4-9)13-15-7-11(19-13)12(17)18-2/h3-7H,8H2,1-2H3. The van der Waals surface area contributed by atoms with Gasteiger partial charge in [-0.2, -0.15) is 0 Å². The average molecular weight is 341 g/mol. The Hall–Kier alpha value is -1.40. The molecule has 0 N–H and O–H groups in total. The molecular formula is C13H13BrN2O2S. The van der Waals surface area contributed by atoms with Crippen molar-refractivity contribution in [1.29, 1.82) is 0 Å². The number of esters is 1. The Morgan fingerprint density at radius 3 is 2.74 bits per heavy atom. The fourth-order valence-electron chi connectivity index (χ4n) is 1.57. The Morgan fingerprint density at radius 2 is 2.11 bits per heavy atom. The summed E-state index contributed by atoms with van der Waals surface area (Å²) in [4.78, 5) is 18.1. The van der Waals surface area contributed by atoms with E-state index < -0.39 is 0 Å². The third-order valence-corrected chi connectivity index (χ3v) is 4.16. The molecule has 0 saturated carbocycles. The number of anilines is 1. The molecule has 0 unspecified atom stereocenters. The van der Waals surface area contributed by atoms with Gasteiger partial charge in [-0.15, -0.1) is 0 Å². The van der Waals surface area contributed by atoms with Crippen LogP contribution in [0.2, 0.25) is 0 Å². The molecule has 0 radical (unpaired) electrons. The third-order valence-electron chi connectivity index (χ3n) is 2.54. The predicted octanol–water partition coefficient (Wildman–Crippen LogP) is 3.33. The Balaban J connectivity index is 2.07. The minimum Gasteiger partial charge on any atom is -0.465 e. The van der Waals surface area contributed by atoms with Crippen LogP contribution >= 0.6 is 27.3 Å². The van der Waals surface area contributed by atoms with Crippen LogP contribution in [0.15, 0.2) is 34.9 Å². The highest BCUT2D eigenvalue weighted by Gasteiger charge is 2.13. The second-order valence-electron chi connectivity index (χ2n) is 3.98. The molecule has 4 nitrogen and oxygen atoms in total. The molecule has 1 aromatic carbocycles. The molecule has 6 heteroatoms. The van der Waals surface area contributed by atoms with E-state index in [0.29, 0.717) is 4.88 Å². The van der Waals surface area contributed by atoms with Crippen LogP contribution in [0.5, 0.6) is 0 Å². The lowest BCUT2D eigenvalue weighted by atomic mass is 10.2. The summed E-state index contributed by atoms with van der Waals surface area (Å²) in [6.45, 7) is 0.738. The maximum absolute atomic E-state index is 11.4. The van der Waals surface area contributed by atoms with Crippen LogP contribution in [0.1, 0.15) is 15.2 Å². The van der Waals surface area contributed by atoms with E-state index in [4.69, 9.17) is 0 Å². The molecule has 0 atom stereocenters. The van der Waals surface area contributed by atoms with Crippen LogP contribution < -0.4 is 4.90 Å². The van der Waals surface area contributed by atoms with E-state index in [0.717, 1.165) is 16.1 Å². The van der Waals surface area contributed by atoms with E-state index in [1.54, 1.807) is 6.20 Å². The van der Waals surface area contributed by atoms with Gasteiger partial charge in [0.25, 0.3) is 0 Å². The van der Waals surface area contributed by atoms with Gasteiger partial charge < -0.3 is 9.64 Å². The number of halogens is 1. The SMILES string of the molecule is COC(=O)c1cnc(N(C)Cc2ccc(Br)cc2)s1. The molecule has 100 valence electrons. The van der Waals surface area contributed by atoms with Gasteiger partial charge in [0.05, 0.1) is 13.3 Å². The lowest BCUT2D eigenvalue weighted by Gasteiger charge is -2.15. The topological polar surface area (TPSA) is 42.4 Å². The highest BCUT2D eigenvalue weighted by molar-refractivity contribution is 9.10. The monoisotopic (exact) mass is 340 g/mol. The van der Waals surface area contributed by atoms with E-state index in [2.05, 4.69) is 37.8 Å². The van der Waals surface area contributed by atoms with Gasteiger partial charge in [-0.05, 0) is 17.7 Å². The molecule has 2 aromatic rings. The van der Waals surface area contributed by atoms with E-state index in [-0.39, 0.29) is 5.97 Å². The molecule has 1 aromatic heterocycles. The number of carbonyl (C=O) groups excluding carboxylic acids is 1. The van der Waals surface area contributed by atoms with Gasteiger partial charge in [0.2, 0.25) is 0 Å². The van der Waals surface area contributed by atoms with Crippen LogP contribution in [0.25, 0.3) is 0 Å². The van der Waals surface area contributed by atoms with Crippen molar-refractivity contribution in [3.05, 3.63) is 45.4 Å². The molecule has 0 fully saturated rings. The summed E-state index contributed by atoms with van der Waals surface area (Å²) in [5.41, 5.74) is 1.18. The van der Waals surface area contributed by atoms with Crippen molar-refractivity contribution in [2.75, 3.05) is 19.1 Å². The number of aromatic nitrogens is 1. The number of rotatable bonds is 4. The molecule has 19 heavy (non-hydrogen) atoms. The van der Waals surface area contributed by atoms with Crippen molar-refractivity contribution in [2.45, 2.75) is 6.54 Å². The van der Waals surface area contributed by atoms with Crippen molar-refractivity contribution in [3.63, 3.8) is 0 Å². The van der Waals surface area contributed by atoms with E-state index in [9.17, 15) is 4.79 Å². The summed E-state index contributed by atoms with van der Waals surface area (Å²) in [5.74, 6) is -0.346. The van der Waals surface area contributed by atoms with Gasteiger partial charge in [0.1, 0.15) is 4.88 Å². The largest absolute Gasteiger partial charge is 0.465 e. The number of benzene rings is 1. The van der Waals surface area contributed by atoms with Crippen LogP contribution in [0.4, 0.5) is 5.13 Å². The van der Waals surface area contributed by atoms with Gasteiger partial charge in [-0.3, -0.25) is 0 Å². The highest BCUT2D eigenvalue weighted by Crippen LogP contribution is 2.23. The number of methoxy groups -OCH3 is 1. The van der Waals surface area contributed by atoms with Crippen LogP contribution in [0, 0.1) is 0 Å². The summed E-state index contributed by atoms with van der Waals surface area (Å²) in [6, 6.07) is 8.11. The highest BCUT2D eigenvalue weighted by atomic mass is 79.9. The second-order valence-corrected chi connectivity index (χ2v) is 5.91. The van der Waals surface area contributed by atoms with Crippen molar-refractivity contribution < 1.29 is 9.53 Å². The Kier molecular flexibility index (Phi) is 4.55. The van der Waals surface area contributed by atoms with E-state index >= 15 is 0 Å². The maximum atomic E-state index is 11.4.